The van der Waals surface area contributed by atoms with Crippen LogP contribution in [0, 0.1) is 6.92 Å². The first-order valence-corrected chi connectivity index (χ1v) is 10.7. The lowest BCUT2D eigenvalue weighted by atomic mass is 9.85. The van der Waals surface area contributed by atoms with E-state index in [2.05, 4.69) is 38.9 Å². The molecule has 0 saturated carbocycles. The van der Waals surface area contributed by atoms with E-state index in [9.17, 15) is 9.50 Å². The van der Waals surface area contributed by atoms with Crippen molar-refractivity contribution in [1.29, 1.82) is 0 Å². The van der Waals surface area contributed by atoms with E-state index >= 15 is 0 Å². The molecule has 2 fully saturated rings. The van der Waals surface area contributed by atoms with E-state index in [-0.39, 0.29) is 18.2 Å². The zero-order valence-electron chi connectivity index (χ0n) is 17.8. The summed E-state index contributed by atoms with van der Waals surface area (Å²) >= 11 is 0. The minimum atomic E-state index is -0.859. The van der Waals surface area contributed by atoms with Crippen LogP contribution in [0.2, 0.25) is 0 Å². The zero-order valence-corrected chi connectivity index (χ0v) is 17.8. The van der Waals surface area contributed by atoms with Crippen molar-refractivity contribution in [1.82, 2.24) is 19.6 Å². The molecule has 0 radical (unpaired) electrons. The third kappa shape index (κ3) is 3.41. The fourth-order valence-electron chi connectivity index (χ4n) is 4.96. The van der Waals surface area contributed by atoms with Crippen molar-refractivity contribution in [3.05, 3.63) is 29.5 Å². The summed E-state index contributed by atoms with van der Waals surface area (Å²) in [5.41, 5.74) is 3.20. The number of aliphatic imine (C=N–C) groups is 2. The summed E-state index contributed by atoms with van der Waals surface area (Å²) in [5.74, 6) is 1.59. The summed E-state index contributed by atoms with van der Waals surface area (Å²) in [5, 5.41) is 15.3. The zero-order chi connectivity index (χ0) is 21.0. The maximum absolute atomic E-state index is 14.9. The van der Waals surface area contributed by atoms with Crippen LogP contribution in [0.4, 0.5) is 4.39 Å². The fraction of sp³-hybridized carbons (Fsp3) is 0.591. The molecule has 1 N–H and O–H groups in total. The fourth-order valence-corrected chi connectivity index (χ4v) is 4.96. The van der Waals surface area contributed by atoms with Crippen molar-refractivity contribution < 1.29 is 9.50 Å². The molecule has 2 aromatic rings. The standard InChI is InChI=1S/C22H29FN6O/c1-13-6-15-9-24-29(20(15)7-18(13)17-4-5-27(3)12-19(17)23)22-8-21(25-14(2)26-22)28-10-16(30)11-28/h6-7,9,16-17,19,22,30H,4-5,8,10-12H2,1-3H3/t17-,19-,22?/m1/s1. The Kier molecular flexibility index (Phi) is 4.86. The molecule has 5 rings (SSSR count). The van der Waals surface area contributed by atoms with E-state index in [1.165, 1.54) is 0 Å². The van der Waals surface area contributed by atoms with Crippen LogP contribution in [0.15, 0.2) is 28.3 Å². The molecule has 30 heavy (non-hydrogen) atoms. The number of hydrogen-bond acceptors (Lipinski definition) is 6. The van der Waals surface area contributed by atoms with E-state index in [1.54, 1.807) is 0 Å². The largest absolute Gasteiger partial charge is 0.389 e. The average molecular weight is 413 g/mol. The van der Waals surface area contributed by atoms with Crippen LogP contribution in [0.1, 0.15) is 43.0 Å². The monoisotopic (exact) mass is 412 g/mol. The number of benzene rings is 1. The molecule has 1 unspecified atom stereocenters. The number of fused-ring (bicyclic) bond motifs is 1. The molecule has 0 aliphatic carbocycles. The Bertz CT molecular complexity index is 1020. The molecule has 1 aromatic heterocycles. The number of aromatic nitrogens is 2. The Labute approximate surface area is 175 Å². The van der Waals surface area contributed by atoms with Gasteiger partial charge in [-0.05, 0) is 57.1 Å². The molecule has 8 heteroatoms. The Hall–Kier alpha value is -2.32. The first kappa shape index (κ1) is 19.6. The summed E-state index contributed by atoms with van der Waals surface area (Å²) in [4.78, 5) is 13.5. The summed E-state index contributed by atoms with van der Waals surface area (Å²) < 4.78 is 16.8. The van der Waals surface area contributed by atoms with Gasteiger partial charge in [0.05, 0.1) is 17.8 Å². The van der Waals surface area contributed by atoms with Gasteiger partial charge in [0.2, 0.25) is 0 Å². The lowest BCUT2D eigenvalue weighted by Gasteiger charge is -2.40. The van der Waals surface area contributed by atoms with E-state index in [1.807, 2.05) is 24.9 Å². The van der Waals surface area contributed by atoms with Crippen molar-refractivity contribution in [2.45, 2.75) is 51.0 Å². The topological polar surface area (TPSA) is 69.2 Å². The summed E-state index contributed by atoms with van der Waals surface area (Å²) in [6, 6.07) is 4.25. The summed E-state index contributed by atoms with van der Waals surface area (Å²) in [6.45, 7) is 6.60. The maximum Gasteiger partial charge on any atom is 0.151 e. The third-order valence-electron chi connectivity index (χ3n) is 6.63. The van der Waals surface area contributed by atoms with Crippen LogP contribution in [0.5, 0.6) is 0 Å². The van der Waals surface area contributed by atoms with Gasteiger partial charge in [-0.2, -0.15) is 5.10 Å². The average Bonchev–Trinajstić information content (AvgIpc) is 3.07. The molecule has 0 amide bonds. The maximum atomic E-state index is 14.9. The number of piperidine rings is 1. The molecule has 3 aliphatic heterocycles. The van der Waals surface area contributed by atoms with Gasteiger partial charge in [0.25, 0.3) is 0 Å². The minimum Gasteiger partial charge on any atom is -0.389 e. The smallest absolute Gasteiger partial charge is 0.151 e. The van der Waals surface area contributed by atoms with Gasteiger partial charge in [-0.15, -0.1) is 0 Å². The van der Waals surface area contributed by atoms with Gasteiger partial charge in [0.15, 0.2) is 6.17 Å². The number of nitrogens with zero attached hydrogens (tertiary/aromatic N) is 6. The van der Waals surface area contributed by atoms with Gasteiger partial charge >= 0.3 is 0 Å². The number of alkyl halides is 1. The number of aryl methyl sites for hydroxylation is 1. The van der Waals surface area contributed by atoms with E-state index in [0.29, 0.717) is 26.1 Å². The minimum absolute atomic E-state index is 0.0785. The number of halogens is 1. The van der Waals surface area contributed by atoms with Crippen LogP contribution in [0.3, 0.4) is 0 Å². The SMILES string of the molecule is CC1=NC(n2ncc3cc(C)c([C@H]4CCN(C)C[C@H]4F)cc32)CC(N2CC(O)C2)=N1. The predicted octanol–water partition coefficient (Wildman–Crippen LogP) is 2.50. The van der Waals surface area contributed by atoms with Crippen molar-refractivity contribution in [3.63, 3.8) is 0 Å². The van der Waals surface area contributed by atoms with Crippen molar-refractivity contribution in [2.24, 2.45) is 9.98 Å². The number of amidine groups is 2. The molecule has 160 valence electrons. The lowest BCUT2D eigenvalue weighted by molar-refractivity contribution is 0.0447. The molecule has 7 nitrogen and oxygen atoms in total. The second-order valence-electron chi connectivity index (χ2n) is 8.98. The van der Waals surface area contributed by atoms with Crippen LogP contribution < -0.4 is 0 Å². The molecule has 4 heterocycles. The molecular weight excluding hydrogens is 383 g/mol. The number of β-amino-alcohol motifs (C(OH)–C–C–N with tert-alkyl or cyclic N) is 1. The van der Waals surface area contributed by atoms with Gasteiger partial charge in [-0.25, -0.2) is 19.1 Å². The molecule has 0 spiro atoms. The first-order valence-electron chi connectivity index (χ1n) is 10.7. The lowest BCUT2D eigenvalue weighted by Crippen LogP contribution is -2.54. The Morgan fingerprint density at radius 2 is 1.97 bits per heavy atom. The molecule has 3 aliphatic rings. The quantitative estimate of drug-likeness (QED) is 0.823. The molecular formula is C22H29FN6O. The van der Waals surface area contributed by atoms with Crippen molar-refractivity contribution in [3.8, 4) is 0 Å². The van der Waals surface area contributed by atoms with Crippen LogP contribution in [-0.4, -0.2) is 81.9 Å². The van der Waals surface area contributed by atoms with E-state index in [0.717, 1.165) is 46.7 Å². The van der Waals surface area contributed by atoms with E-state index in [4.69, 9.17) is 4.99 Å². The normalized spacial score (nSPS) is 28.4. The van der Waals surface area contributed by atoms with Crippen molar-refractivity contribution >= 4 is 22.6 Å². The molecule has 3 atom stereocenters. The number of aliphatic hydroxyl groups excluding tert-OH is 1. The second-order valence-corrected chi connectivity index (χ2v) is 8.98. The first-order chi connectivity index (χ1) is 14.4. The van der Waals surface area contributed by atoms with E-state index < -0.39 is 6.17 Å². The Balaban J connectivity index is 1.48. The summed E-state index contributed by atoms with van der Waals surface area (Å²) in [6.07, 6.45) is 2.03. The molecule has 0 bridgehead atoms. The molecule has 2 saturated heterocycles. The summed E-state index contributed by atoms with van der Waals surface area (Å²) in [7, 11) is 1.98. The van der Waals surface area contributed by atoms with Gasteiger partial charge in [-0.3, -0.25) is 0 Å². The van der Waals surface area contributed by atoms with Gasteiger partial charge < -0.3 is 14.9 Å². The highest BCUT2D eigenvalue weighted by atomic mass is 19.1. The highest BCUT2D eigenvalue weighted by molar-refractivity contribution is 5.98. The van der Waals surface area contributed by atoms with Gasteiger partial charge in [0, 0.05) is 37.4 Å². The number of hydrogen-bond donors (Lipinski definition) is 1. The second kappa shape index (κ2) is 7.42. The Morgan fingerprint density at radius 1 is 1.17 bits per heavy atom. The highest BCUT2D eigenvalue weighted by Gasteiger charge is 2.33. The van der Waals surface area contributed by atoms with Crippen LogP contribution in [0.25, 0.3) is 10.9 Å². The van der Waals surface area contributed by atoms with Crippen LogP contribution >= 0.6 is 0 Å². The predicted molar refractivity (Wildman–Crippen MR) is 116 cm³/mol. The van der Waals surface area contributed by atoms with Crippen LogP contribution in [-0.2, 0) is 0 Å². The third-order valence-corrected chi connectivity index (χ3v) is 6.63. The van der Waals surface area contributed by atoms with Gasteiger partial charge in [0.1, 0.15) is 17.8 Å². The Morgan fingerprint density at radius 3 is 2.70 bits per heavy atom. The molecule has 1 aromatic carbocycles. The number of aliphatic hydroxyl groups is 1. The number of likely N-dealkylation sites (tertiary alicyclic amines) is 2. The number of rotatable bonds is 2. The van der Waals surface area contributed by atoms with Gasteiger partial charge in [-0.1, -0.05) is 0 Å². The van der Waals surface area contributed by atoms with Crippen molar-refractivity contribution in [2.75, 3.05) is 33.2 Å². The highest BCUT2D eigenvalue weighted by Crippen LogP contribution is 2.35.